The molecule has 0 radical (unpaired) electrons. The highest BCUT2D eigenvalue weighted by Gasteiger charge is 2.67. The number of hydrogen-bond acceptors (Lipinski definition) is 4. The van der Waals surface area contributed by atoms with Crippen LogP contribution in [0.4, 0.5) is 13.2 Å². The largest absolute Gasteiger partial charge is 0.395 e. The Hall–Kier alpha value is -2.94. The highest BCUT2D eigenvalue weighted by molar-refractivity contribution is 5.94. The molecule has 2 amide bonds. The summed E-state index contributed by atoms with van der Waals surface area (Å²) in [6.45, 7) is 2.23. The SMILES string of the molecule is CNC(=O)c1ccc(C[C@@H](CNC(=O)CC(c2ccncc2)C2(C(F)(F)F)CC2)N(C)C)c(C)c1. The smallest absolute Gasteiger partial charge is 0.355 e. The predicted molar refractivity (Wildman–Crippen MR) is 128 cm³/mol. The molecule has 6 nitrogen and oxygen atoms in total. The summed E-state index contributed by atoms with van der Waals surface area (Å²) in [5, 5.41) is 5.47. The van der Waals surface area contributed by atoms with E-state index in [1.165, 1.54) is 12.4 Å². The molecule has 2 N–H and O–H groups in total. The Balaban J connectivity index is 1.68. The zero-order chi connectivity index (χ0) is 25.8. The third kappa shape index (κ3) is 6.20. The van der Waals surface area contributed by atoms with Crippen molar-refractivity contribution >= 4 is 11.8 Å². The molecule has 9 heteroatoms. The molecule has 0 saturated heterocycles. The van der Waals surface area contributed by atoms with Crippen LogP contribution in [0.5, 0.6) is 0 Å². The molecule has 3 rings (SSSR count). The van der Waals surface area contributed by atoms with Crippen LogP contribution >= 0.6 is 0 Å². The van der Waals surface area contributed by atoms with Crippen LogP contribution in [0, 0.1) is 12.3 Å². The van der Waals surface area contributed by atoms with E-state index in [1.807, 2.05) is 38.1 Å². The normalized spacial score (nSPS) is 16.5. The van der Waals surface area contributed by atoms with Gasteiger partial charge in [0.25, 0.3) is 5.91 Å². The number of likely N-dealkylation sites (N-methyl/N-ethyl adjacent to an activating group) is 1. The molecule has 1 aliphatic rings. The first-order valence-corrected chi connectivity index (χ1v) is 11.7. The molecule has 0 aliphatic heterocycles. The maximum Gasteiger partial charge on any atom is 0.395 e. The maximum absolute atomic E-state index is 13.9. The van der Waals surface area contributed by atoms with Crippen molar-refractivity contribution < 1.29 is 22.8 Å². The lowest BCUT2D eigenvalue weighted by Gasteiger charge is -2.30. The molecule has 190 valence electrons. The Labute approximate surface area is 204 Å². The lowest BCUT2D eigenvalue weighted by Crippen LogP contribution is -2.43. The van der Waals surface area contributed by atoms with Crippen molar-refractivity contribution in [2.45, 2.75) is 50.7 Å². The van der Waals surface area contributed by atoms with Crippen molar-refractivity contribution in [3.8, 4) is 0 Å². The Bertz CT molecular complexity index is 1040. The monoisotopic (exact) mass is 490 g/mol. The first-order chi connectivity index (χ1) is 16.5. The first-order valence-electron chi connectivity index (χ1n) is 11.7. The van der Waals surface area contributed by atoms with E-state index < -0.39 is 23.4 Å². The topological polar surface area (TPSA) is 74.3 Å². The Morgan fingerprint density at radius 1 is 1.14 bits per heavy atom. The lowest BCUT2D eigenvalue weighted by molar-refractivity contribution is -0.194. The molecule has 1 fully saturated rings. The summed E-state index contributed by atoms with van der Waals surface area (Å²) in [5.41, 5.74) is 1.21. The number of alkyl halides is 3. The van der Waals surface area contributed by atoms with Crippen LogP contribution in [-0.2, 0) is 11.2 Å². The quantitative estimate of drug-likeness (QED) is 0.531. The fraction of sp³-hybridized carbons (Fsp3) is 0.500. The average Bonchev–Trinajstić information content (AvgIpc) is 3.63. The summed E-state index contributed by atoms with van der Waals surface area (Å²) in [6, 6.07) is 8.55. The van der Waals surface area contributed by atoms with Gasteiger partial charge in [-0.2, -0.15) is 13.2 Å². The molecular formula is C26H33F3N4O2. The molecule has 2 atom stereocenters. The molecule has 1 aromatic carbocycles. The predicted octanol–water partition coefficient (Wildman–Crippen LogP) is 3.85. The number of halogens is 3. The van der Waals surface area contributed by atoms with E-state index in [0.29, 0.717) is 24.1 Å². The standard InChI is InChI=1S/C26H33F3N4O2/c1-17-13-20(24(35)30-2)6-5-19(17)14-21(33(3)4)16-32-23(34)15-22(18-7-11-31-12-8-18)25(9-10-25)26(27,28)29/h5-8,11-13,21-22H,9-10,14-16H2,1-4H3,(H,30,35)(H,32,34)/t21-,22?/m0/s1. The second kappa shape index (κ2) is 10.8. The minimum Gasteiger partial charge on any atom is -0.355 e. The first kappa shape index (κ1) is 26.7. The van der Waals surface area contributed by atoms with Gasteiger partial charge in [0.1, 0.15) is 0 Å². The average molecular weight is 491 g/mol. The zero-order valence-corrected chi connectivity index (χ0v) is 20.6. The molecule has 1 saturated carbocycles. The molecule has 0 spiro atoms. The van der Waals surface area contributed by atoms with Gasteiger partial charge >= 0.3 is 6.18 Å². The lowest BCUT2D eigenvalue weighted by atomic mass is 9.80. The van der Waals surface area contributed by atoms with Gasteiger partial charge < -0.3 is 15.5 Å². The number of nitrogens with zero attached hydrogens (tertiary/aromatic N) is 2. The summed E-state index contributed by atoms with van der Waals surface area (Å²) < 4.78 is 41.7. The van der Waals surface area contributed by atoms with E-state index in [1.54, 1.807) is 25.2 Å². The summed E-state index contributed by atoms with van der Waals surface area (Å²) in [4.78, 5) is 30.6. The molecule has 1 heterocycles. The maximum atomic E-state index is 13.9. The second-order valence-electron chi connectivity index (χ2n) is 9.54. The number of aryl methyl sites for hydroxylation is 1. The van der Waals surface area contributed by atoms with Crippen molar-refractivity contribution in [3.05, 3.63) is 65.0 Å². The number of rotatable bonds is 10. The van der Waals surface area contributed by atoms with Gasteiger partial charge in [-0.1, -0.05) is 6.07 Å². The number of carbonyl (C=O) groups is 2. The second-order valence-corrected chi connectivity index (χ2v) is 9.54. The Morgan fingerprint density at radius 3 is 2.31 bits per heavy atom. The van der Waals surface area contributed by atoms with Crippen LogP contribution in [0.2, 0.25) is 0 Å². The molecule has 1 aromatic heterocycles. The van der Waals surface area contributed by atoms with E-state index in [-0.39, 0.29) is 31.2 Å². The van der Waals surface area contributed by atoms with E-state index in [0.717, 1.165) is 11.1 Å². The number of hydrogen-bond donors (Lipinski definition) is 2. The summed E-state index contributed by atoms with van der Waals surface area (Å²) in [7, 11) is 5.37. The summed E-state index contributed by atoms with van der Waals surface area (Å²) in [5.74, 6) is -1.50. The van der Waals surface area contributed by atoms with Crippen LogP contribution < -0.4 is 10.6 Å². The van der Waals surface area contributed by atoms with Gasteiger partial charge in [-0.15, -0.1) is 0 Å². The van der Waals surface area contributed by atoms with Crippen LogP contribution in [0.25, 0.3) is 0 Å². The zero-order valence-electron chi connectivity index (χ0n) is 20.6. The highest BCUT2D eigenvalue weighted by atomic mass is 19.4. The van der Waals surface area contributed by atoms with E-state index in [9.17, 15) is 22.8 Å². The van der Waals surface area contributed by atoms with Crippen LogP contribution in [0.15, 0.2) is 42.7 Å². The fourth-order valence-corrected chi connectivity index (χ4v) is 4.58. The number of carbonyl (C=O) groups excluding carboxylic acids is 2. The molecule has 0 bridgehead atoms. The summed E-state index contributed by atoms with van der Waals surface area (Å²) >= 11 is 0. The minimum absolute atomic E-state index is 0.0302. The molecular weight excluding hydrogens is 457 g/mol. The van der Waals surface area contributed by atoms with Gasteiger partial charge in [0.2, 0.25) is 5.91 Å². The number of amides is 2. The third-order valence-electron chi connectivity index (χ3n) is 7.07. The van der Waals surface area contributed by atoms with Gasteiger partial charge in [0.05, 0.1) is 5.41 Å². The Kier molecular flexibility index (Phi) is 8.20. The number of aromatic nitrogens is 1. The van der Waals surface area contributed by atoms with Gasteiger partial charge in [-0.25, -0.2) is 0 Å². The minimum atomic E-state index is -4.37. The van der Waals surface area contributed by atoms with Crippen molar-refractivity contribution in [1.82, 2.24) is 20.5 Å². The number of nitrogens with one attached hydrogen (secondary N) is 2. The van der Waals surface area contributed by atoms with Gasteiger partial charge in [0, 0.05) is 49.9 Å². The highest BCUT2D eigenvalue weighted by Crippen LogP contribution is 2.66. The molecule has 35 heavy (non-hydrogen) atoms. The third-order valence-corrected chi connectivity index (χ3v) is 7.07. The van der Waals surface area contributed by atoms with Crippen LogP contribution in [0.1, 0.15) is 52.2 Å². The van der Waals surface area contributed by atoms with Crippen molar-refractivity contribution in [2.24, 2.45) is 5.41 Å². The van der Waals surface area contributed by atoms with Crippen molar-refractivity contribution in [2.75, 3.05) is 27.7 Å². The molecule has 1 unspecified atom stereocenters. The van der Waals surface area contributed by atoms with E-state index in [2.05, 4.69) is 15.6 Å². The Morgan fingerprint density at radius 2 is 1.80 bits per heavy atom. The fourth-order valence-electron chi connectivity index (χ4n) is 4.58. The van der Waals surface area contributed by atoms with Gasteiger partial charge in [-0.3, -0.25) is 14.6 Å². The van der Waals surface area contributed by atoms with Crippen LogP contribution in [-0.4, -0.2) is 61.6 Å². The van der Waals surface area contributed by atoms with Crippen LogP contribution in [0.3, 0.4) is 0 Å². The van der Waals surface area contributed by atoms with Gasteiger partial charge in [0.15, 0.2) is 0 Å². The molecule has 2 aromatic rings. The van der Waals surface area contributed by atoms with Crippen molar-refractivity contribution in [1.29, 1.82) is 0 Å². The van der Waals surface area contributed by atoms with Gasteiger partial charge in [-0.05, 0) is 81.2 Å². The number of benzene rings is 1. The molecule has 1 aliphatic carbocycles. The van der Waals surface area contributed by atoms with E-state index >= 15 is 0 Å². The van der Waals surface area contributed by atoms with Crippen molar-refractivity contribution in [3.63, 3.8) is 0 Å². The van der Waals surface area contributed by atoms with E-state index in [4.69, 9.17) is 0 Å². The summed E-state index contributed by atoms with van der Waals surface area (Å²) in [6.07, 6.45) is -0.994. The number of pyridine rings is 1.